The summed E-state index contributed by atoms with van der Waals surface area (Å²) < 4.78 is 16.3. The van der Waals surface area contributed by atoms with Crippen molar-refractivity contribution in [2.45, 2.75) is 65.3 Å². The first-order valence-corrected chi connectivity index (χ1v) is 9.69. The molecule has 0 saturated carbocycles. The lowest BCUT2D eigenvalue weighted by atomic mass is 9.84. The molecule has 1 aromatic rings. The second-order valence-electron chi connectivity index (χ2n) is 9.31. The van der Waals surface area contributed by atoms with Crippen LogP contribution in [0.3, 0.4) is 0 Å². The van der Waals surface area contributed by atoms with Crippen molar-refractivity contribution in [2.75, 3.05) is 20.2 Å². The van der Waals surface area contributed by atoms with Crippen molar-refractivity contribution in [3.63, 3.8) is 0 Å². The highest BCUT2D eigenvalue weighted by Gasteiger charge is 2.49. The zero-order valence-corrected chi connectivity index (χ0v) is 18.3. The molecule has 0 aromatic carbocycles. The number of pyridine rings is 1. The van der Waals surface area contributed by atoms with Crippen LogP contribution in [0.4, 0.5) is 4.79 Å². The second-order valence-corrected chi connectivity index (χ2v) is 9.31. The summed E-state index contributed by atoms with van der Waals surface area (Å²) in [6.07, 6.45) is -1.39. The van der Waals surface area contributed by atoms with Crippen molar-refractivity contribution >= 4 is 12.1 Å². The highest BCUT2D eigenvalue weighted by molar-refractivity contribution is 5.76. The van der Waals surface area contributed by atoms with Crippen LogP contribution >= 0.6 is 0 Å². The number of carbonyl (C=O) groups excluding carboxylic acids is 2. The first-order valence-electron chi connectivity index (χ1n) is 9.69. The second kappa shape index (κ2) is 8.18. The molecule has 1 amide bonds. The lowest BCUT2D eigenvalue weighted by Gasteiger charge is -2.44. The van der Waals surface area contributed by atoms with E-state index in [0.717, 1.165) is 0 Å². The molecule has 29 heavy (non-hydrogen) atoms. The molecule has 1 aromatic heterocycles. The van der Waals surface area contributed by atoms with Crippen LogP contribution in [0.1, 0.15) is 53.7 Å². The number of esters is 1. The predicted octanol–water partition coefficient (Wildman–Crippen LogP) is 2.88. The number of ether oxygens (including phenoxy) is 3. The zero-order chi connectivity index (χ0) is 22.0. The predicted molar refractivity (Wildman–Crippen MR) is 106 cm³/mol. The van der Waals surface area contributed by atoms with Crippen molar-refractivity contribution < 1.29 is 28.9 Å². The van der Waals surface area contributed by atoms with Gasteiger partial charge in [-0.15, -0.1) is 0 Å². The average molecular weight is 408 g/mol. The minimum absolute atomic E-state index is 0.00781. The summed E-state index contributed by atoms with van der Waals surface area (Å²) in [6, 6.07) is 5.03. The summed E-state index contributed by atoms with van der Waals surface area (Å²) >= 11 is 0. The van der Waals surface area contributed by atoms with Gasteiger partial charge in [0, 0.05) is 19.0 Å². The number of piperidine rings is 1. The molecule has 2 atom stereocenters. The molecule has 0 radical (unpaired) electrons. The van der Waals surface area contributed by atoms with Crippen LogP contribution in [0, 0.1) is 5.41 Å². The van der Waals surface area contributed by atoms with Crippen molar-refractivity contribution in [3.05, 3.63) is 23.9 Å². The molecule has 2 unspecified atom stereocenters. The van der Waals surface area contributed by atoms with Crippen molar-refractivity contribution in [1.29, 1.82) is 0 Å². The van der Waals surface area contributed by atoms with Gasteiger partial charge in [-0.2, -0.15) is 0 Å². The maximum atomic E-state index is 12.6. The topological polar surface area (TPSA) is 98.2 Å². The Bertz CT molecular complexity index is 752. The third-order valence-corrected chi connectivity index (χ3v) is 4.57. The summed E-state index contributed by atoms with van der Waals surface area (Å²) in [6.45, 7) is 10.7. The Kier molecular flexibility index (Phi) is 6.47. The summed E-state index contributed by atoms with van der Waals surface area (Å²) in [5.74, 6) is -0.138. The van der Waals surface area contributed by atoms with Gasteiger partial charge in [0.25, 0.3) is 0 Å². The van der Waals surface area contributed by atoms with Gasteiger partial charge in [0.05, 0.1) is 24.8 Å². The van der Waals surface area contributed by atoms with E-state index in [2.05, 4.69) is 4.98 Å². The van der Waals surface area contributed by atoms with Crippen LogP contribution < -0.4 is 4.74 Å². The SMILES string of the molecule is COc1cccc(C2(O)CCN(C(=O)OC(C)(C)C)CC2OC(=O)C(C)(C)C)n1. The Morgan fingerprint density at radius 1 is 1.21 bits per heavy atom. The molecule has 0 bridgehead atoms. The number of amides is 1. The van der Waals surface area contributed by atoms with Crippen LogP contribution in [0.15, 0.2) is 18.2 Å². The number of aliphatic hydroxyl groups is 1. The number of hydrogen-bond donors (Lipinski definition) is 1. The molecular formula is C21H32N2O6. The van der Waals surface area contributed by atoms with Crippen LogP contribution in [-0.4, -0.2) is 59.0 Å². The van der Waals surface area contributed by atoms with E-state index >= 15 is 0 Å². The van der Waals surface area contributed by atoms with Gasteiger partial charge in [-0.25, -0.2) is 9.78 Å². The highest BCUT2D eigenvalue weighted by Crippen LogP contribution is 2.36. The fourth-order valence-electron chi connectivity index (χ4n) is 2.90. The number of aromatic nitrogens is 1. The van der Waals surface area contributed by atoms with E-state index in [9.17, 15) is 14.7 Å². The standard InChI is InChI=1S/C21H32N2O6/c1-19(2,3)17(24)28-15-13-23(18(25)29-20(4,5)6)12-11-21(15,26)14-9-8-10-16(22-14)27-7/h8-10,15,26H,11-13H2,1-7H3. The smallest absolute Gasteiger partial charge is 0.410 e. The van der Waals surface area contributed by atoms with Crippen molar-refractivity contribution in [1.82, 2.24) is 9.88 Å². The molecule has 2 rings (SSSR count). The van der Waals surface area contributed by atoms with Gasteiger partial charge in [-0.1, -0.05) is 6.07 Å². The first-order chi connectivity index (χ1) is 13.3. The van der Waals surface area contributed by atoms with Gasteiger partial charge in [0.15, 0.2) is 6.10 Å². The molecule has 1 fully saturated rings. The van der Waals surface area contributed by atoms with Crippen LogP contribution in [0.2, 0.25) is 0 Å². The molecule has 1 aliphatic rings. The Morgan fingerprint density at radius 3 is 2.41 bits per heavy atom. The van der Waals surface area contributed by atoms with Gasteiger partial charge in [-0.3, -0.25) is 4.79 Å². The minimum atomic E-state index is -1.56. The maximum Gasteiger partial charge on any atom is 0.410 e. The van der Waals surface area contributed by atoms with Crippen LogP contribution in [0.5, 0.6) is 5.88 Å². The first kappa shape index (κ1) is 22.9. The molecule has 1 saturated heterocycles. The number of hydrogen-bond acceptors (Lipinski definition) is 7. The van der Waals surface area contributed by atoms with E-state index in [1.807, 2.05) is 0 Å². The molecule has 1 N–H and O–H groups in total. The number of nitrogens with zero attached hydrogens (tertiary/aromatic N) is 2. The van der Waals surface area contributed by atoms with Gasteiger partial charge < -0.3 is 24.2 Å². The molecule has 2 heterocycles. The van der Waals surface area contributed by atoms with Crippen LogP contribution in [0.25, 0.3) is 0 Å². The van der Waals surface area contributed by atoms with Gasteiger partial charge in [-0.05, 0) is 47.6 Å². The molecule has 0 spiro atoms. The monoisotopic (exact) mass is 408 g/mol. The van der Waals surface area contributed by atoms with E-state index in [1.54, 1.807) is 59.7 Å². The highest BCUT2D eigenvalue weighted by atomic mass is 16.6. The molecular weight excluding hydrogens is 376 g/mol. The lowest BCUT2D eigenvalue weighted by molar-refractivity contribution is -0.186. The number of rotatable bonds is 3. The molecule has 162 valence electrons. The Labute approximate surface area is 172 Å². The van der Waals surface area contributed by atoms with Gasteiger partial charge in [0.2, 0.25) is 5.88 Å². The molecule has 8 heteroatoms. The Hall–Kier alpha value is -2.35. The summed E-state index contributed by atoms with van der Waals surface area (Å²) in [5.41, 5.74) is -2.66. The fourth-order valence-corrected chi connectivity index (χ4v) is 2.90. The Balaban J connectivity index is 2.35. The number of likely N-dealkylation sites (tertiary alicyclic amines) is 1. The van der Waals surface area contributed by atoms with Gasteiger partial charge >= 0.3 is 12.1 Å². The Morgan fingerprint density at radius 2 is 1.86 bits per heavy atom. The zero-order valence-electron chi connectivity index (χ0n) is 18.3. The van der Waals surface area contributed by atoms with E-state index < -0.39 is 34.8 Å². The molecule has 0 aliphatic carbocycles. The minimum Gasteiger partial charge on any atom is -0.481 e. The van der Waals surface area contributed by atoms with E-state index in [1.165, 1.54) is 12.0 Å². The summed E-state index contributed by atoms with van der Waals surface area (Å²) in [5, 5.41) is 11.5. The molecule has 8 nitrogen and oxygen atoms in total. The van der Waals surface area contributed by atoms with E-state index in [4.69, 9.17) is 14.2 Å². The normalized spacial score (nSPS) is 22.8. The largest absolute Gasteiger partial charge is 0.481 e. The van der Waals surface area contributed by atoms with Crippen LogP contribution in [-0.2, 0) is 19.9 Å². The molecule has 1 aliphatic heterocycles. The van der Waals surface area contributed by atoms with Gasteiger partial charge in [0.1, 0.15) is 11.2 Å². The van der Waals surface area contributed by atoms with Crippen molar-refractivity contribution in [2.24, 2.45) is 5.41 Å². The van der Waals surface area contributed by atoms with E-state index in [0.29, 0.717) is 11.6 Å². The number of carbonyl (C=O) groups is 2. The quantitative estimate of drug-likeness (QED) is 0.768. The van der Waals surface area contributed by atoms with E-state index in [-0.39, 0.29) is 19.5 Å². The third-order valence-electron chi connectivity index (χ3n) is 4.57. The summed E-state index contributed by atoms with van der Waals surface area (Å²) in [7, 11) is 1.48. The number of methoxy groups -OCH3 is 1. The van der Waals surface area contributed by atoms with Crippen molar-refractivity contribution in [3.8, 4) is 5.88 Å². The fraction of sp³-hybridized carbons (Fsp3) is 0.667. The average Bonchev–Trinajstić information content (AvgIpc) is 2.61. The lowest BCUT2D eigenvalue weighted by Crippen LogP contribution is -2.58. The third kappa shape index (κ3) is 5.59. The maximum absolute atomic E-state index is 12.6. The summed E-state index contributed by atoms with van der Waals surface area (Å²) in [4.78, 5) is 30.9.